The Balaban J connectivity index is 2.33. The van der Waals surface area contributed by atoms with Gasteiger partial charge >= 0.3 is 21.2 Å². The molecule has 2 aromatic carbocycles. The van der Waals surface area contributed by atoms with Crippen LogP contribution in [0.3, 0.4) is 0 Å². The van der Waals surface area contributed by atoms with Crippen molar-refractivity contribution in [1.29, 1.82) is 0 Å². The summed E-state index contributed by atoms with van der Waals surface area (Å²) >= 11 is 3.71. The molecule has 0 spiro atoms. The Bertz CT molecular complexity index is 546. The summed E-state index contributed by atoms with van der Waals surface area (Å²) < 4.78 is 4.39. The summed E-state index contributed by atoms with van der Waals surface area (Å²) in [6.07, 6.45) is 0. The van der Waals surface area contributed by atoms with Gasteiger partial charge < -0.3 is 0 Å². The maximum atomic E-state index is 3.68. The van der Waals surface area contributed by atoms with Gasteiger partial charge in [-0.1, -0.05) is 12.1 Å². The number of halogens is 2. The van der Waals surface area contributed by atoms with Crippen molar-refractivity contribution in [2.24, 2.45) is 0 Å². The zero-order chi connectivity index (χ0) is 10.4. The van der Waals surface area contributed by atoms with Crippen molar-refractivity contribution in [3.8, 4) is 11.1 Å². The van der Waals surface area contributed by atoms with E-state index in [2.05, 4.69) is 59.3 Å². The van der Waals surface area contributed by atoms with Crippen LogP contribution in [0.1, 0.15) is 5.56 Å². The molecule has 0 nitrogen and oxygen atoms in total. The van der Waals surface area contributed by atoms with Crippen molar-refractivity contribution in [2.75, 3.05) is 0 Å². The highest BCUT2D eigenvalue weighted by Gasteiger charge is 2.35. The molecule has 0 amide bonds. The number of benzene rings is 2. The van der Waals surface area contributed by atoms with Crippen molar-refractivity contribution in [1.82, 2.24) is 0 Å². The molecule has 74 valence electrons. The second-order valence-corrected chi connectivity index (χ2v) is 7.32. The average Bonchev–Trinajstić information content (AvgIpc) is 2.57. The Morgan fingerprint density at radius 2 is 1.87 bits per heavy atom. The largest absolute Gasteiger partial charge is 0.360 e. The highest BCUT2D eigenvalue weighted by molar-refractivity contribution is 9.10. The molecule has 15 heavy (non-hydrogen) atoms. The molecule has 0 N–H and O–H groups in total. The minimum absolute atomic E-state index is 0.0214. The first-order valence-electron chi connectivity index (χ1n) is 4.80. The van der Waals surface area contributed by atoms with Crippen LogP contribution in [0.25, 0.3) is 11.1 Å². The lowest BCUT2D eigenvalue weighted by Gasteiger charge is -1.98. The van der Waals surface area contributed by atoms with Crippen molar-refractivity contribution < 1.29 is 21.2 Å². The molecule has 1 aliphatic heterocycles. The van der Waals surface area contributed by atoms with Gasteiger partial charge in [-0.3, -0.25) is 0 Å². The Labute approximate surface area is 108 Å². The van der Waals surface area contributed by atoms with Gasteiger partial charge in [-0.05, 0) is 52.7 Å². The summed E-state index contributed by atoms with van der Waals surface area (Å²) in [6.45, 7) is 2.16. The molecule has 0 unspecified atom stereocenters. The quantitative estimate of drug-likeness (QED) is 0.514. The number of hydrogen-bond acceptors (Lipinski definition) is 0. The number of fused-ring (bicyclic) bond motifs is 3. The molecule has 1 heterocycles. The average molecular weight is 372 g/mol. The van der Waals surface area contributed by atoms with Gasteiger partial charge in [-0.2, -0.15) is 0 Å². The van der Waals surface area contributed by atoms with E-state index in [9.17, 15) is 0 Å². The molecule has 0 fully saturated rings. The molecule has 0 saturated carbocycles. The van der Waals surface area contributed by atoms with Gasteiger partial charge in [0.1, 0.15) is 0 Å². The minimum Gasteiger partial charge on any atom is -0.0613 e. The summed E-state index contributed by atoms with van der Waals surface area (Å²) in [5.74, 6) is 0. The zero-order valence-corrected chi connectivity index (χ0v) is 12.0. The molecule has 0 aromatic heterocycles. The predicted molar refractivity (Wildman–Crippen MR) is 61.7 cm³/mol. The van der Waals surface area contributed by atoms with Crippen LogP contribution >= 0.6 is 15.9 Å². The highest BCUT2D eigenvalue weighted by atomic mass is 127. The van der Waals surface area contributed by atoms with Crippen molar-refractivity contribution in [3.05, 3.63) is 53.6 Å². The Morgan fingerprint density at radius 3 is 2.73 bits per heavy atom. The first-order valence-corrected chi connectivity index (χ1v) is 7.75. The first kappa shape index (κ1) is 9.85. The number of rotatable bonds is 0. The molecule has 0 saturated heterocycles. The molecule has 2 heteroatoms. The molecular formula is C13H9BrI+. The van der Waals surface area contributed by atoms with Gasteiger partial charge in [-0.15, -0.1) is 0 Å². The molecule has 3 rings (SSSR count). The third-order valence-corrected chi connectivity index (χ3v) is 7.12. The topological polar surface area (TPSA) is 0 Å². The third kappa shape index (κ3) is 1.54. The molecule has 0 aliphatic carbocycles. The van der Waals surface area contributed by atoms with Gasteiger partial charge in [0, 0.05) is 11.1 Å². The SMILES string of the molecule is Cc1cc(Br)c2c(c1)-c1ccccc1[I+]2. The fraction of sp³-hybridized carbons (Fsp3) is 0.0769. The Kier molecular flexibility index (Phi) is 2.36. The fourth-order valence-electron chi connectivity index (χ4n) is 1.88. The van der Waals surface area contributed by atoms with Gasteiger partial charge in [0.25, 0.3) is 0 Å². The van der Waals surface area contributed by atoms with Crippen LogP contribution in [0.15, 0.2) is 40.9 Å². The van der Waals surface area contributed by atoms with E-state index < -0.39 is 0 Å². The summed E-state index contributed by atoms with van der Waals surface area (Å²) in [5, 5.41) is 0. The maximum Gasteiger partial charge on any atom is 0.360 e. The van der Waals surface area contributed by atoms with E-state index in [0.29, 0.717) is 0 Å². The lowest BCUT2D eigenvalue weighted by Crippen LogP contribution is -3.61. The van der Waals surface area contributed by atoms with E-state index in [1.165, 1.54) is 21.2 Å². The molecular weight excluding hydrogens is 363 g/mol. The van der Waals surface area contributed by atoms with E-state index in [4.69, 9.17) is 0 Å². The maximum absolute atomic E-state index is 3.68. The van der Waals surface area contributed by atoms with Crippen LogP contribution in [0.2, 0.25) is 0 Å². The smallest absolute Gasteiger partial charge is 0.0613 e. The lowest BCUT2D eigenvalue weighted by atomic mass is 10.0. The summed E-state index contributed by atoms with van der Waals surface area (Å²) in [7, 11) is 0. The standard InChI is InChI=1S/C13H9BrI/c1-8-6-10-9-4-2-3-5-12(9)15-13(10)11(14)7-8/h2-7H,1H3/q+1. The zero-order valence-electron chi connectivity index (χ0n) is 8.22. The van der Waals surface area contributed by atoms with E-state index >= 15 is 0 Å². The van der Waals surface area contributed by atoms with Crippen molar-refractivity contribution >= 4 is 15.9 Å². The van der Waals surface area contributed by atoms with E-state index in [1.807, 2.05) is 0 Å². The molecule has 0 radical (unpaired) electrons. The summed E-state index contributed by atoms with van der Waals surface area (Å²) in [5.41, 5.74) is 4.23. The van der Waals surface area contributed by atoms with Crippen LogP contribution in [0, 0.1) is 14.1 Å². The van der Waals surface area contributed by atoms with E-state index in [0.717, 1.165) is 0 Å². The molecule has 0 atom stereocenters. The second-order valence-electron chi connectivity index (χ2n) is 3.68. The van der Waals surface area contributed by atoms with Crippen LogP contribution in [-0.2, 0) is 0 Å². The van der Waals surface area contributed by atoms with Crippen molar-refractivity contribution in [2.45, 2.75) is 6.92 Å². The van der Waals surface area contributed by atoms with Crippen LogP contribution in [0.5, 0.6) is 0 Å². The monoisotopic (exact) mass is 371 g/mol. The van der Waals surface area contributed by atoms with Crippen LogP contribution in [-0.4, -0.2) is 0 Å². The lowest BCUT2D eigenvalue weighted by molar-refractivity contribution is -0.590. The van der Waals surface area contributed by atoms with Crippen molar-refractivity contribution in [3.63, 3.8) is 0 Å². The van der Waals surface area contributed by atoms with Crippen LogP contribution < -0.4 is 21.2 Å². The Hall–Kier alpha value is -0.350. The van der Waals surface area contributed by atoms with Gasteiger partial charge in [0.15, 0.2) is 0 Å². The summed E-state index contributed by atoms with van der Waals surface area (Å²) in [4.78, 5) is 0. The summed E-state index contributed by atoms with van der Waals surface area (Å²) in [6, 6.07) is 13.3. The van der Waals surface area contributed by atoms with Gasteiger partial charge in [0.05, 0.1) is 4.47 Å². The molecule has 1 aliphatic rings. The molecule has 0 bridgehead atoms. The predicted octanol–water partition coefficient (Wildman–Crippen LogP) is 0.866. The fourth-order valence-corrected chi connectivity index (χ4v) is 5.84. The number of aryl methyl sites for hydroxylation is 1. The van der Waals surface area contributed by atoms with E-state index in [-0.39, 0.29) is 21.2 Å². The molecule has 2 aromatic rings. The first-order chi connectivity index (χ1) is 7.25. The minimum atomic E-state index is 0.0214. The highest BCUT2D eigenvalue weighted by Crippen LogP contribution is 2.27. The Morgan fingerprint density at radius 1 is 1.07 bits per heavy atom. The van der Waals surface area contributed by atoms with Gasteiger partial charge in [0.2, 0.25) is 7.14 Å². The van der Waals surface area contributed by atoms with E-state index in [1.54, 1.807) is 7.14 Å². The third-order valence-electron chi connectivity index (χ3n) is 2.53. The van der Waals surface area contributed by atoms with Crippen LogP contribution in [0.4, 0.5) is 0 Å². The van der Waals surface area contributed by atoms with Gasteiger partial charge in [-0.25, -0.2) is 0 Å². The second kappa shape index (κ2) is 3.59. The number of hydrogen-bond donors (Lipinski definition) is 0. The normalized spacial score (nSPS) is 12.4.